The first-order valence-electron chi connectivity index (χ1n) is 11.9. The number of halogens is 4. The van der Waals surface area contributed by atoms with E-state index in [-0.39, 0.29) is 45.5 Å². The number of carbonyl (C=O) groups excluding carboxylic acids is 2. The van der Waals surface area contributed by atoms with E-state index in [1.807, 2.05) is 0 Å². The van der Waals surface area contributed by atoms with Crippen molar-refractivity contribution in [2.75, 3.05) is 18.5 Å². The van der Waals surface area contributed by atoms with E-state index in [2.05, 4.69) is 10.6 Å². The molecule has 200 valence electrons. The first kappa shape index (κ1) is 27.3. The third kappa shape index (κ3) is 5.72. The fourth-order valence-electron chi connectivity index (χ4n) is 5.47. The molecule has 2 amide bonds. The van der Waals surface area contributed by atoms with E-state index in [9.17, 15) is 31.2 Å². The van der Waals surface area contributed by atoms with Crippen LogP contribution in [0.4, 0.5) is 23.7 Å². The summed E-state index contributed by atoms with van der Waals surface area (Å²) in [7, 11) is -3.94. The van der Waals surface area contributed by atoms with Crippen LogP contribution in [0.3, 0.4) is 0 Å². The van der Waals surface area contributed by atoms with E-state index >= 15 is 0 Å². The van der Waals surface area contributed by atoms with Crippen LogP contribution in [0.5, 0.6) is 0 Å². The number of hydrogen-bond acceptors (Lipinski definition) is 5. The summed E-state index contributed by atoms with van der Waals surface area (Å²) in [6, 6.07) is 4.96. The summed E-state index contributed by atoms with van der Waals surface area (Å²) < 4.78 is 73.0. The molecule has 0 saturated heterocycles. The maximum atomic E-state index is 13.7. The highest BCUT2D eigenvalue weighted by atomic mass is 35.5. The molecule has 0 aromatic heterocycles. The Hall–Kier alpha value is -2.79. The number of anilines is 1. The zero-order valence-electron chi connectivity index (χ0n) is 19.9. The molecule has 37 heavy (non-hydrogen) atoms. The summed E-state index contributed by atoms with van der Waals surface area (Å²) in [5.41, 5.74) is -0.420. The predicted molar refractivity (Wildman–Crippen MR) is 131 cm³/mol. The highest BCUT2D eigenvalue weighted by Gasteiger charge is 2.50. The lowest BCUT2D eigenvalue weighted by atomic mass is 9.81. The minimum absolute atomic E-state index is 0.0449. The van der Waals surface area contributed by atoms with Gasteiger partial charge in [0.05, 0.1) is 21.8 Å². The van der Waals surface area contributed by atoms with Crippen molar-refractivity contribution in [1.82, 2.24) is 5.32 Å². The summed E-state index contributed by atoms with van der Waals surface area (Å²) >= 11 is 6.27. The number of carbonyl (C=O) groups is 2. The van der Waals surface area contributed by atoms with Gasteiger partial charge in [-0.25, -0.2) is 26.4 Å². The smallest absolute Gasteiger partial charge is 0.407 e. The van der Waals surface area contributed by atoms with Crippen molar-refractivity contribution in [3.63, 3.8) is 0 Å². The SMILES string of the molecule is CCNC(=O)OCC1CC2CC[C@@H](C1)C2S(=O)(=O)c1cc(C(=O)Nc2cc(F)c(F)c(F)c2)ccc1Cl. The molecule has 0 heterocycles. The number of nitrogens with one attached hydrogen (secondary N) is 2. The van der Waals surface area contributed by atoms with Crippen LogP contribution in [0.1, 0.15) is 43.0 Å². The van der Waals surface area contributed by atoms with Gasteiger partial charge in [0.1, 0.15) is 0 Å². The van der Waals surface area contributed by atoms with Crippen LogP contribution < -0.4 is 10.6 Å². The zero-order valence-corrected chi connectivity index (χ0v) is 21.5. The molecule has 2 aromatic carbocycles. The maximum Gasteiger partial charge on any atom is 0.407 e. The lowest BCUT2D eigenvalue weighted by Gasteiger charge is -2.34. The van der Waals surface area contributed by atoms with Gasteiger partial charge in [-0.2, -0.15) is 0 Å². The van der Waals surface area contributed by atoms with Gasteiger partial charge < -0.3 is 15.4 Å². The second-order valence-corrected chi connectivity index (χ2v) is 11.9. The van der Waals surface area contributed by atoms with Crippen LogP contribution in [0.15, 0.2) is 35.2 Å². The molecule has 3 unspecified atom stereocenters. The fourth-order valence-corrected chi connectivity index (χ4v) is 8.34. The number of hydrogen-bond donors (Lipinski definition) is 2. The number of sulfone groups is 1. The second-order valence-electron chi connectivity index (χ2n) is 9.43. The van der Waals surface area contributed by atoms with Crippen LogP contribution in [-0.2, 0) is 14.6 Å². The minimum Gasteiger partial charge on any atom is -0.449 e. The molecule has 2 fully saturated rings. The molecule has 7 nitrogen and oxygen atoms in total. The van der Waals surface area contributed by atoms with Crippen molar-refractivity contribution < 1.29 is 35.9 Å². The Kier molecular flexibility index (Phi) is 8.03. The lowest BCUT2D eigenvalue weighted by Crippen LogP contribution is -2.39. The van der Waals surface area contributed by atoms with Gasteiger partial charge >= 0.3 is 6.09 Å². The molecular weight excluding hydrogens is 533 g/mol. The van der Waals surface area contributed by atoms with Gasteiger partial charge in [0.25, 0.3) is 5.91 Å². The topological polar surface area (TPSA) is 102 Å². The first-order chi connectivity index (χ1) is 17.5. The van der Waals surface area contributed by atoms with E-state index in [0.717, 1.165) is 6.07 Å². The van der Waals surface area contributed by atoms with Crippen LogP contribution in [0.2, 0.25) is 5.02 Å². The Bertz CT molecular complexity index is 1290. The quantitative estimate of drug-likeness (QED) is 0.447. The van der Waals surface area contributed by atoms with E-state index in [0.29, 0.717) is 44.4 Å². The van der Waals surface area contributed by atoms with Crippen molar-refractivity contribution in [2.24, 2.45) is 17.8 Å². The molecule has 2 aromatic rings. The van der Waals surface area contributed by atoms with Gasteiger partial charge in [0.2, 0.25) is 0 Å². The number of rotatable bonds is 7. The molecule has 12 heteroatoms. The molecule has 0 radical (unpaired) electrons. The fraction of sp³-hybridized carbons (Fsp3) is 0.440. The van der Waals surface area contributed by atoms with Crippen molar-refractivity contribution in [1.29, 1.82) is 0 Å². The number of fused-ring (bicyclic) bond motifs is 2. The molecule has 2 saturated carbocycles. The predicted octanol–water partition coefficient (Wildman–Crippen LogP) is 5.33. The van der Waals surface area contributed by atoms with Crippen LogP contribution in [0, 0.1) is 35.2 Å². The van der Waals surface area contributed by atoms with E-state index in [1.165, 1.54) is 12.1 Å². The molecule has 2 bridgehead atoms. The number of benzene rings is 2. The highest BCUT2D eigenvalue weighted by Crippen LogP contribution is 2.50. The lowest BCUT2D eigenvalue weighted by molar-refractivity contribution is 0.102. The zero-order chi connectivity index (χ0) is 26.9. The molecule has 0 spiro atoms. The Morgan fingerprint density at radius 3 is 2.27 bits per heavy atom. The summed E-state index contributed by atoms with van der Waals surface area (Å²) in [5.74, 6) is -5.70. The Morgan fingerprint density at radius 2 is 1.68 bits per heavy atom. The molecule has 2 aliphatic carbocycles. The molecule has 0 aliphatic heterocycles. The summed E-state index contributed by atoms with van der Waals surface area (Å²) in [4.78, 5) is 24.1. The molecule has 4 rings (SSSR count). The molecular formula is C25H26ClF3N2O5S. The second kappa shape index (κ2) is 10.9. The van der Waals surface area contributed by atoms with Gasteiger partial charge in [-0.1, -0.05) is 11.6 Å². The van der Waals surface area contributed by atoms with Crippen molar-refractivity contribution in [3.05, 3.63) is 58.4 Å². The van der Waals surface area contributed by atoms with Gasteiger partial charge in [0.15, 0.2) is 27.3 Å². The minimum atomic E-state index is -3.94. The van der Waals surface area contributed by atoms with Gasteiger partial charge in [-0.05, 0) is 68.6 Å². The van der Waals surface area contributed by atoms with Crippen LogP contribution in [-0.4, -0.2) is 38.8 Å². The highest BCUT2D eigenvalue weighted by molar-refractivity contribution is 7.92. The van der Waals surface area contributed by atoms with Gasteiger partial charge in [-0.15, -0.1) is 0 Å². The summed E-state index contributed by atoms with van der Waals surface area (Å²) in [6.45, 7) is 2.45. The average Bonchev–Trinajstić information content (AvgIpc) is 3.13. The number of amides is 2. The monoisotopic (exact) mass is 558 g/mol. The molecule has 2 N–H and O–H groups in total. The number of alkyl carbamates (subject to hydrolysis) is 1. The largest absolute Gasteiger partial charge is 0.449 e. The Balaban J connectivity index is 1.52. The van der Waals surface area contributed by atoms with Crippen LogP contribution in [0.25, 0.3) is 0 Å². The van der Waals surface area contributed by atoms with E-state index in [4.69, 9.17) is 16.3 Å². The van der Waals surface area contributed by atoms with Gasteiger partial charge in [0, 0.05) is 29.9 Å². The van der Waals surface area contributed by atoms with E-state index < -0.39 is 44.5 Å². The van der Waals surface area contributed by atoms with Crippen LogP contribution >= 0.6 is 11.6 Å². The van der Waals surface area contributed by atoms with Crippen molar-refractivity contribution >= 4 is 39.1 Å². The van der Waals surface area contributed by atoms with E-state index in [1.54, 1.807) is 6.92 Å². The molecule has 2 aliphatic rings. The van der Waals surface area contributed by atoms with Gasteiger partial charge in [-0.3, -0.25) is 4.79 Å². The van der Waals surface area contributed by atoms with Crippen molar-refractivity contribution in [2.45, 2.75) is 42.8 Å². The number of ether oxygens (including phenoxy) is 1. The van der Waals surface area contributed by atoms with Crippen molar-refractivity contribution in [3.8, 4) is 0 Å². The molecule has 4 atom stereocenters. The Labute approximate surface area is 217 Å². The summed E-state index contributed by atoms with van der Waals surface area (Å²) in [6.07, 6.45) is 2.09. The third-order valence-corrected chi connectivity index (χ3v) is 9.86. The summed E-state index contributed by atoms with van der Waals surface area (Å²) in [5, 5.41) is 4.07. The first-order valence-corrected chi connectivity index (χ1v) is 13.8. The maximum absolute atomic E-state index is 13.7. The standard InChI is InChI=1S/C25H26ClF3N2O5S/c1-2-30-25(33)36-12-13-7-14-3-4-15(8-13)23(14)37(34,35)21-9-16(5-6-18(21)26)24(32)31-17-10-19(27)22(29)20(28)11-17/h5-6,9-11,13-15,23H,2-4,7-8,12H2,1H3,(H,30,33)(H,31,32)/t13?,14-,15?,23?/m0/s1. The third-order valence-electron chi connectivity index (χ3n) is 6.98. The normalized spacial score (nSPS) is 22.9. The Morgan fingerprint density at radius 1 is 1.05 bits per heavy atom. The average molecular weight is 559 g/mol.